The van der Waals surface area contributed by atoms with Crippen LogP contribution in [0.1, 0.15) is 6.42 Å². The summed E-state index contributed by atoms with van der Waals surface area (Å²) in [5, 5.41) is 22.6. The van der Waals surface area contributed by atoms with E-state index in [4.69, 9.17) is 9.84 Å². The Morgan fingerprint density at radius 2 is 2.30 bits per heavy atom. The first kappa shape index (κ1) is 14.6. The van der Waals surface area contributed by atoms with Crippen LogP contribution in [-0.2, 0) is 4.79 Å². The van der Waals surface area contributed by atoms with E-state index in [9.17, 15) is 14.9 Å². The highest BCUT2D eigenvalue weighted by Crippen LogP contribution is 2.27. The van der Waals surface area contributed by atoms with Crippen molar-refractivity contribution in [3.63, 3.8) is 0 Å². The minimum absolute atomic E-state index is 0.00105. The molecule has 1 heterocycles. The summed E-state index contributed by atoms with van der Waals surface area (Å²) in [6.45, 7) is 0.294. The van der Waals surface area contributed by atoms with Crippen LogP contribution in [0.5, 0.6) is 5.75 Å². The first-order valence-electron chi connectivity index (χ1n) is 6.04. The van der Waals surface area contributed by atoms with E-state index in [1.54, 1.807) is 18.2 Å². The van der Waals surface area contributed by atoms with Gasteiger partial charge in [0.05, 0.1) is 16.9 Å². The molecule has 1 aliphatic heterocycles. The van der Waals surface area contributed by atoms with Crippen molar-refractivity contribution >= 4 is 23.4 Å². The van der Waals surface area contributed by atoms with Crippen molar-refractivity contribution in [3.05, 3.63) is 34.4 Å². The number of nitro benzene ring substituents is 1. The van der Waals surface area contributed by atoms with Crippen LogP contribution >= 0.6 is 11.8 Å². The zero-order valence-electron chi connectivity index (χ0n) is 10.5. The standard InChI is InChI=1S/C12H14N2O5S/c15-12(16)8-7-20-11(13-8)5-6-19-10-4-2-1-3-9(10)14(17)18/h1-4,8,11,13H,5-7H2,(H,15,16). The van der Waals surface area contributed by atoms with E-state index in [1.165, 1.54) is 17.8 Å². The number of aliphatic carboxylic acids is 1. The number of benzene rings is 1. The zero-order valence-corrected chi connectivity index (χ0v) is 11.3. The summed E-state index contributed by atoms with van der Waals surface area (Å²) in [6, 6.07) is 5.66. The van der Waals surface area contributed by atoms with Crippen LogP contribution in [0, 0.1) is 10.1 Å². The highest BCUT2D eigenvalue weighted by atomic mass is 32.2. The molecular weight excluding hydrogens is 284 g/mol. The van der Waals surface area contributed by atoms with E-state index in [2.05, 4.69) is 5.32 Å². The van der Waals surface area contributed by atoms with Crippen molar-refractivity contribution < 1.29 is 19.6 Å². The van der Waals surface area contributed by atoms with Gasteiger partial charge in [0.25, 0.3) is 0 Å². The van der Waals surface area contributed by atoms with Gasteiger partial charge in [-0.2, -0.15) is 0 Å². The van der Waals surface area contributed by atoms with E-state index in [1.807, 2.05) is 0 Å². The van der Waals surface area contributed by atoms with Gasteiger partial charge in [0.2, 0.25) is 0 Å². The Labute approximate surface area is 119 Å². The minimum atomic E-state index is -0.861. The number of nitro groups is 1. The van der Waals surface area contributed by atoms with Crippen LogP contribution in [0.2, 0.25) is 0 Å². The molecular formula is C12H14N2O5S. The van der Waals surface area contributed by atoms with Crippen LogP contribution in [0.25, 0.3) is 0 Å². The van der Waals surface area contributed by atoms with Crippen LogP contribution < -0.4 is 10.1 Å². The van der Waals surface area contributed by atoms with Gasteiger partial charge in [0, 0.05) is 18.2 Å². The lowest BCUT2D eigenvalue weighted by Crippen LogP contribution is -2.37. The lowest BCUT2D eigenvalue weighted by atomic mass is 10.3. The van der Waals surface area contributed by atoms with Gasteiger partial charge in [-0.1, -0.05) is 12.1 Å². The van der Waals surface area contributed by atoms with Gasteiger partial charge in [0.15, 0.2) is 5.75 Å². The fourth-order valence-electron chi connectivity index (χ4n) is 1.85. The Kier molecular flexibility index (Phi) is 4.80. The molecule has 108 valence electrons. The number of ether oxygens (including phenoxy) is 1. The Bertz CT molecular complexity index is 510. The molecule has 7 nitrogen and oxygen atoms in total. The smallest absolute Gasteiger partial charge is 0.321 e. The molecule has 20 heavy (non-hydrogen) atoms. The molecule has 8 heteroatoms. The maximum atomic E-state index is 10.8. The predicted molar refractivity (Wildman–Crippen MR) is 74.0 cm³/mol. The van der Waals surface area contributed by atoms with Crippen LogP contribution in [0.4, 0.5) is 5.69 Å². The van der Waals surface area contributed by atoms with Gasteiger partial charge < -0.3 is 9.84 Å². The molecule has 1 saturated heterocycles. The van der Waals surface area contributed by atoms with E-state index in [0.717, 1.165) is 0 Å². The minimum Gasteiger partial charge on any atom is -0.487 e. The highest BCUT2D eigenvalue weighted by Gasteiger charge is 2.29. The van der Waals surface area contributed by atoms with Crippen molar-refractivity contribution in [3.8, 4) is 5.75 Å². The monoisotopic (exact) mass is 298 g/mol. The van der Waals surface area contributed by atoms with E-state index in [-0.39, 0.29) is 16.8 Å². The van der Waals surface area contributed by atoms with Gasteiger partial charge in [-0.3, -0.25) is 20.2 Å². The number of para-hydroxylation sites is 2. The van der Waals surface area contributed by atoms with Crippen molar-refractivity contribution in [1.29, 1.82) is 0 Å². The van der Waals surface area contributed by atoms with Crippen LogP contribution in [0.3, 0.4) is 0 Å². The Morgan fingerprint density at radius 1 is 1.55 bits per heavy atom. The quantitative estimate of drug-likeness (QED) is 0.605. The average Bonchev–Trinajstić information content (AvgIpc) is 2.88. The number of hydrogen-bond acceptors (Lipinski definition) is 6. The summed E-state index contributed by atoms with van der Waals surface area (Å²) in [5.74, 6) is -0.110. The number of carboxylic acid groups (broad SMARTS) is 1. The molecule has 0 aromatic heterocycles. The first-order valence-corrected chi connectivity index (χ1v) is 7.09. The zero-order chi connectivity index (χ0) is 14.5. The third kappa shape index (κ3) is 3.61. The molecule has 1 aliphatic rings. The SMILES string of the molecule is O=C(O)C1CSC(CCOc2ccccc2[N+](=O)[O-])N1. The van der Waals surface area contributed by atoms with E-state index < -0.39 is 16.9 Å². The van der Waals surface area contributed by atoms with E-state index in [0.29, 0.717) is 18.8 Å². The first-order chi connectivity index (χ1) is 9.58. The van der Waals surface area contributed by atoms with Gasteiger partial charge in [-0.15, -0.1) is 11.8 Å². The molecule has 0 aliphatic carbocycles. The molecule has 2 atom stereocenters. The van der Waals surface area contributed by atoms with Crippen molar-refractivity contribution in [2.75, 3.05) is 12.4 Å². The summed E-state index contributed by atoms with van der Waals surface area (Å²) in [5.41, 5.74) is -0.0667. The maximum absolute atomic E-state index is 10.8. The Balaban J connectivity index is 1.82. The summed E-state index contributed by atoms with van der Waals surface area (Å²) in [7, 11) is 0. The summed E-state index contributed by atoms with van der Waals surface area (Å²) >= 11 is 1.52. The molecule has 1 aromatic carbocycles. The molecule has 0 spiro atoms. The fourth-order valence-corrected chi connectivity index (χ4v) is 3.04. The Hall–Kier alpha value is -1.80. The largest absolute Gasteiger partial charge is 0.487 e. The summed E-state index contributed by atoms with van der Waals surface area (Å²) < 4.78 is 5.41. The van der Waals surface area contributed by atoms with Crippen molar-refractivity contribution in [2.24, 2.45) is 0 Å². The topological polar surface area (TPSA) is 102 Å². The summed E-state index contributed by atoms with van der Waals surface area (Å²) in [6.07, 6.45) is 0.584. The number of nitrogens with zero attached hydrogens (tertiary/aromatic N) is 1. The number of nitrogens with one attached hydrogen (secondary N) is 1. The predicted octanol–water partition coefficient (Wildman–Crippen LogP) is 1.48. The van der Waals surface area contributed by atoms with E-state index >= 15 is 0 Å². The maximum Gasteiger partial charge on any atom is 0.321 e. The molecule has 1 fully saturated rings. The average molecular weight is 298 g/mol. The van der Waals surface area contributed by atoms with Gasteiger partial charge in [-0.05, 0) is 6.07 Å². The molecule has 2 N–H and O–H groups in total. The number of hydrogen-bond donors (Lipinski definition) is 2. The van der Waals surface area contributed by atoms with Crippen LogP contribution in [-0.4, -0.2) is 39.8 Å². The molecule has 0 amide bonds. The number of carboxylic acids is 1. The number of rotatable bonds is 6. The highest BCUT2D eigenvalue weighted by molar-refractivity contribution is 8.00. The molecule has 0 saturated carbocycles. The number of carbonyl (C=O) groups is 1. The van der Waals surface area contributed by atoms with Gasteiger partial charge in [-0.25, -0.2) is 0 Å². The molecule has 2 rings (SSSR count). The third-order valence-electron chi connectivity index (χ3n) is 2.85. The molecule has 0 radical (unpaired) electrons. The fraction of sp³-hybridized carbons (Fsp3) is 0.417. The Morgan fingerprint density at radius 3 is 2.95 bits per heavy atom. The lowest BCUT2D eigenvalue weighted by Gasteiger charge is -2.11. The summed E-state index contributed by atoms with van der Waals surface area (Å²) in [4.78, 5) is 21.1. The molecule has 2 unspecified atom stereocenters. The van der Waals surface area contributed by atoms with Crippen LogP contribution in [0.15, 0.2) is 24.3 Å². The molecule has 0 bridgehead atoms. The van der Waals surface area contributed by atoms with Gasteiger partial charge >= 0.3 is 11.7 Å². The van der Waals surface area contributed by atoms with Gasteiger partial charge in [0.1, 0.15) is 6.04 Å². The lowest BCUT2D eigenvalue weighted by molar-refractivity contribution is -0.385. The van der Waals surface area contributed by atoms with Crippen molar-refractivity contribution in [1.82, 2.24) is 5.32 Å². The second-order valence-corrected chi connectivity index (χ2v) is 5.48. The normalized spacial score (nSPS) is 21.6. The second kappa shape index (κ2) is 6.58. The number of thioether (sulfide) groups is 1. The van der Waals surface area contributed by atoms with Crippen molar-refractivity contribution in [2.45, 2.75) is 17.8 Å². The third-order valence-corrected chi connectivity index (χ3v) is 4.15. The second-order valence-electron chi connectivity index (χ2n) is 4.24. The molecule has 1 aromatic rings.